The van der Waals surface area contributed by atoms with Crippen molar-refractivity contribution in [1.82, 2.24) is 14.3 Å². The van der Waals surface area contributed by atoms with Gasteiger partial charge in [0.05, 0.1) is 33.3 Å². The number of aromatic amines is 1. The first-order valence-electron chi connectivity index (χ1n) is 8.28. The summed E-state index contributed by atoms with van der Waals surface area (Å²) in [6.45, 7) is 1.73. The van der Waals surface area contributed by atoms with Gasteiger partial charge in [-0.2, -0.15) is 0 Å². The Kier molecular flexibility index (Phi) is 4.32. The Morgan fingerprint density at radius 1 is 1.43 bits per heavy atom. The zero-order chi connectivity index (χ0) is 20.3. The number of thiophene rings is 1. The van der Waals surface area contributed by atoms with Gasteiger partial charge in [0, 0.05) is 18.6 Å². The van der Waals surface area contributed by atoms with Crippen molar-refractivity contribution < 1.29 is 13.2 Å². The summed E-state index contributed by atoms with van der Waals surface area (Å²) in [5.74, 6) is 0.236. The van der Waals surface area contributed by atoms with E-state index in [2.05, 4.69) is 15.0 Å². The Balaban J connectivity index is 1.82. The Morgan fingerprint density at radius 3 is 2.86 bits per heavy atom. The van der Waals surface area contributed by atoms with Crippen LogP contribution in [0.2, 0.25) is 5.02 Å². The SMILES string of the molecule is COc1nccc2cc(-c3cc(Cl)c([C@]4(C)CS(=O)(=O)N(C)C(N)=N4)s3)[nH]c12. The summed E-state index contributed by atoms with van der Waals surface area (Å²) in [6, 6.07) is 5.65. The van der Waals surface area contributed by atoms with Gasteiger partial charge < -0.3 is 15.5 Å². The number of hydrogen-bond donors (Lipinski definition) is 2. The first kappa shape index (κ1) is 19.0. The second-order valence-corrected chi connectivity index (χ2v) is 10.2. The quantitative estimate of drug-likeness (QED) is 0.651. The molecule has 148 valence electrons. The second kappa shape index (κ2) is 6.36. The highest BCUT2D eigenvalue weighted by Crippen LogP contribution is 2.44. The van der Waals surface area contributed by atoms with Gasteiger partial charge in [0.2, 0.25) is 21.9 Å². The molecule has 4 heterocycles. The van der Waals surface area contributed by atoms with E-state index in [-0.39, 0.29) is 11.7 Å². The van der Waals surface area contributed by atoms with E-state index in [1.165, 1.54) is 18.4 Å². The van der Waals surface area contributed by atoms with Crippen LogP contribution in [0.5, 0.6) is 5.88 Å². The number of aliphatic imine (C=N–C) groups is 1. The zero-order valence-corrected chi connectivity index (χ0v) is 17.7. The molecule has 1 aliphatic heterocycles. The standard InChI is InChI=1S/C17H18ClN5O3S2/c1-17(8-28(24,25)23(2)16(19)22-17)14-10(18)7-12(27-14)11-6-9-4-5-20-15(26-3)13(9)21-11/h4-7,21H,8H2,1-3H3,(H2,19,22)/t17-/m0/s1. The first-order chi connectivity index (χ1) is 13.1. The maximum Gasteiger partial charge on any atom is 0.239 e. The predicted molar refractivity (Wildman–Crippen MR) is 111 cm³/mol. The number of sulfonamides is 1. The number of pyridine rings is 1. The van der Waals surface area contributed by atoms with Gasteiger partial charge in [-0.05, 0) is 25.1 Å². The molecule has 3 aromatic rings. The molecule has 0 unspecified atom stereocenters. The topological polar surface area (TPSA) is 114 Å². The Morgan fingerprint density at radius 2 is 2.18 bits per heavy atom. The van der Waals surface area contributed by atoms with Crippen molar-refractivity contribution in [2.24, 2.45) is 10.7 Å². The molecule has 0 aliphatic carbocycles. The minimum Gasteiger partial charge on any atom is -0.479 e. The molecular formula is C17H18ClN5O3S2. The van der Waals surface area contributed by atoms with Crippen LogP contribution in [0.15, 0.2) is 29.4 Å². The van der Waals surface area contributed by atoms with E-state index >= 15 is 0 Å². The summed E-state index contributed by atoms with van der Waals surface area (Å²) in [4.78, 5) is 13.4. The fraction of sp³-hybridized carbons (Fsp3) is 0.294. The molecule has 0 bridgehead atoms. The molecule has 0 saturated carbocycles. The van der Waals surface area contributed by atoms with Crippen molar-refractivity contribution in [2.75, 3.05) is 19.9 Å². The third-order valence-electron chi connectivity index (χ3n) is 4.71. The number of rotatable bonds is 3. The van der Waals surface area contributed by atoms with Gasteiger partial charge in [-0.25, -0.2) is 22.7 Å². The molecule has 8 nitrogen and oxygen atoms in total. The largest absolute Gasteiger partial charge is 0.479 e. The van der Waals surface area contributed by atoms with Crippen LogP contribution in [0.1, 0.15) is 11.8 Å². The number of nitrogens with zero attached hydrogens (tertiary/aromatic N) is 3. The van der Waals surface area contributed by atoms with Crippen LogP contribution in [0.25, 0.3) is 21.5 Å². The summed E-state index contributed by atoms with van der Waals surface area (Å²) >= 11 is 7.87. The van der Waals surface area contributed by atoms with Crippen molar-refractivity contribution in [3.63, 3.8) is 0 Å². The number of methoxy groups -OCH3 is 1. The Hall–Kier alpha value is -2.30. The fourth-order valence-corrected chi connectivity index (χ4v) is 6.39. The van der Waals surface area contributed by atoms with E-state index in [9.17, 15) is 8.42 Å². The Bertz CT molecular complexity index is 1220. The van der Waals surface area contributed by atoms with Crippen LogP contribution in [0, 0.1) is 0 Å². The zero-order valence-electron chi connectivity index (χ0n) is 15.4. The van der Waals surface area contributed by atoms with E-state index < -0.39 is 15.6 Å². The minimum atomic E-state index is -3.58. The predicted octanol–water partition coefficient (Wildman–Crippen LogP) is 2.76. The highest BCUT2D eigenvalue weighted by atomic mass is 35.5. The van der Waals surface area contributed by atoms with Crippen LogP contribution in [-0.2, 0) is 15.6 Å². The third kappa shape index (κ3) is 2.92. The summed E-state index contributed by atoms with van der Waals surface area (Å²) in [7, 11) is -0.623. The van der Waals surface area contributed by atoms with E-state index in [1.807, 2.05) is 12.1 Å². The molecule has 3 N–H and O–H groups in total. The van der Waals surface area contributed by atoms with Crippen LogP contribution in [-0.4, -0.2) is 48.6 Å². The number of hydrogen-bond acceptors (Lipinski definition) is 7. The number of nitrogens with two attached hydrogens (primary N) is 1. The molecule has 28 heavy (non-hydrogen) atoms. The smallest absolute Gasteiger partial charge is 0.239 e. The van der Waals surface area contributed by atoms with Gasteiger partial charge in [0.15, 0.2) is 0 Å². The normalized spacial score (nSPS) is 21.7. The van der Waals surface area contributed by atoms with E-state index in [4.69, 9.17) is 22.1 Å². The van der Waals surface area contributed by atoms with Gasteiger partial charge in [0.1, 0.15) is 11.1 Å². The van der Waals surface area contributed by atoms with E-state index in [1.54, 1.807) is 26.3 Å². The Labute approximate surface area is 171 Å². The number of ether oxygens (including phenoxy) is 1. The number of halogens is 1. The molecule has 4 rings (SSSR count). The van der Waals surface area contributed by atoms with Gasteiger partial charge >= 0.3 is 0 Å². The molecule has 0 fully saturated rings. The van der Waals surface area contributed by atoms with Crippen LogP contribution in [0.3, 0.4) is 0 Å². The average Bonchev–Trinajstić information content (AvgIpc) is 3.22. The number of guanidine groups is 1. The van der Waals surface area contributed by atoms with Gasteiger partial charge in [-0.3, -0.25) is 0 Å². The third-order valence-corrected chi connectivity index (χ3v) is 8.49. The molecule has 0 radical (unpaired) electrons. The van der Waals surface area contributed by atoms with Crippen molar-refractivity contribution in [3.8, 4) is 16.5 Å². The molecule has 3 aromatic heterocycles. The molecule has 0 aromatic carbocycles. The van der Waals surface area contributed by atoms with Crippen LogP contribution in [0.4, 0.5) is 0 Å². The summed E-state index contributed by atoms with van der Waals surface area (Å²) in [5, 5.41) is 1.39. The molecule has 11 heteroatoms. The fourth-order valence-electron chi connectivity index (χ4n) is 3.25. The molecule has 1 aliphatic rings. The number of H-pyrrole nitrogens is 1. The van der Waals surface area contributed by atoms with Crippen molar-refractivity contribution >= 4 is 49.8 Å². The number of nitrogens with one attached hydrogen (secondary N) is 1. The molecular weight excluding hydrogens is 422 g/mol. The van der Waals surface area contributed by atoms with Crippen LogP contribution < -0.4 is 10.5 Å². The lowest BCUT2D eigenvalue weighted by Gasteiger charge is -2.33. The maximum absolute atomic E-state index is 12.5. The van der Waals surface area contributed by atoms with Crippen molar-refractivity contribution in [1.29, 1.82) is 0 Å². The molecule has 0 spiro atoms. The van der Waals surface area contributed by atoms with Crippen molar-refractivity contribution in [3.05, 3.63) is 34.3 Å². The first-order valence-corrected chi connectivity index (χ1v) is 11.1. The molecule has 1 atom stereocenters. The minimum absolute atomic E-state index is 0.0545. The highest BCUT2D eigenvalue weighted by molar-refractivity contribution is 7.89. The summed E-state index contributed by atoms with van der Waals surface area (Å²) in [6.07, 6.45) is 1.67. The summed E-state index contributed by atoms with van der Waals surface area (Å²) in [5.41, 5.74) is 6.40. The maximum atomic E-state index is 12.5. The van der Waals surface area contributed by atoms with Gasteiger partial charge in [0.25, 0.3) is 0 Å². The molecule has 0 saturated heterocycles. The lowest BCUT2D eigenvalue weighted by Crippen LogP contribution is -2.50. The monoisotopic (exact) mass is 439 g/mol. The van der Waals surface area contributed by atoms with E-state index in [0.717, 1.165) is 25.8 Å². The number of aromatic nitrogens is 2. The van der Waals surface area contributed by atoms with Crippen LogP contribution >= 0.6 is 22.9 Å². The average molecular weight is 440 g/mol. The highest BCUT2D eigenvalue weighted by Gasteiger charge is 2.42. The molecule has 0 amide bonds. The number of fused-ring (bicyclic) bond motifs is 1. The van der Waals surface area contributed by atoms with Gasteiger partial charge in [-0.1, -0.05) is 11.6 Å². The van der Waals surface area contributed by atoms with Gasteiger partial charge in [-0.15, -0.1) is 11.3 Å². The van der Waals surface area contributed by atoms with E-state index in [0.29, 0.717) is 15.8 Å². The second-order valence-electron chi connectivity index (χ2n) is 6.72. The lowest BCUT2D eigenvalue weighted by atomic mass is 10.0. The van der Waals surface area contributed by atoms with Crippen molar-refractivity contribution in [2.45, 2.75) is 12.5 Å². The lowest BCUT2D eigenvalue weighted by molar-refractivity contribution is 0.402. The summed E-state index contributed by atoms with van der Waals surface area (Å²) < 4.78 is 31.2.